The number of hydrogen-bond acceptors (Lipinski definition) is 2. The quantitative estimate of drug-likeness (QED) is 0.780. The molecule has 0 bridgehead atoms. The van der Waals surface area contributed by atoms with Gasteiger partial charge in [0.25, 0.3) is 0 Å². The van der Waals surface area contributed by atoms with Crippen LogP contribution in [-0.2, 0) is 0 Å². The highest BCUT2D eigenvalue weighted by Crippen LogP contribution is 2.38. The average Bonchev–Trinajstić information content (AvgIpc) is 2.28. The van der Waals surface area contributed by atoms with E-state index in [1.54, 1.807) is 0 Å². The summed E-state index contributed by atoms with van der Waals surface area (Å²) in [6, 6.07) is 4.22. The zero-order valence-corrected chi connectivity index (χ0v) is 11.0. The van der Waals surface area contributed by atoms with Crippen molar-refractivity contribution in [1.82, 2.24) is 0 Å². The Kier molecular flexibility index (Phi) is 3.27. The van der Waals surface area contributed by atoms with Gasteiger partial charge >= 0.3 is 0 Å². The third kappa shape index (κ3) is 2.11. The normalized spacial score (nSPS) is 15.1. The summed E-state index contributed by atoms with van der Waals surface area (Å²) in [6.45, 7) is 9.60. The maximum atomic E-state index is 14.3. The smallest absolute Gasteiger partial charge is 0.178 e. The monoisotopic (exact) mass is 237 g/mol. The van der Waals surface area contributed by atoms with E-state index in [-0.39, 0.29) is 11.7 Å². The fraction of sp³-hybridized carbons (Fsp3) is 0.571. The van der Waals surface area contributed by atoms with E-state index in [4.69, 9.17) is 4.74 Å². The van der Waals surface area contributed by atoms with Crippen LogP contribution < -0.4 is 9.64 Å². The zero-order chi connectivity index (χ0) is 12.6. The number of halogens is 1. The number of benzene rings is 1. The van der Waals surface area contributed by atoms with Crippen molar-refractivity contribution < 1.29 is 9.13 Å². The van der Waals surface area contributed by atoms with E-state index in [1.807, 2.05) is 26.0 Å². The SMILES string of the molecule is CC(C)c1ccc2c(c1F)OCCN2C(C)C. The summed E-state index contributed by atoms with van der Waals surface area (Å²) in [4.78, 5) is 2.19. The van der Waals surface area contributed by atoms with Gasteiger partial charge in [0.1, 0.15) is 6.61 Å². The highest BCUT2D eigenvalue weighted by molar-refractivity contribution is 5.62. The number of anilines is 1. The van der Waals surface area contributed by atoms with Crippen molar-refractivity contribution in [3.05, 3.63) is 23.5 Å². The van der Waals surface area contributed by atoms with Gasteiger partial charge in [-0.3, -0.25) is 0 Å². The largest absolute Gasteiger partial charge is 0.486 e. The Hall–Kier alpha value is -1.25. The van der Waals surface area contributed by atoms with Gasteiger partial charge in [-0.25, -0.2) is 4.39 Å². The van der Waals surface area contributed by atoms with Crippen molar-refractivity contribution in [2.24, 2.45) is 0 Å². The summed E-state index contributed by atoms with van der Waals surface area (Å²) in [7, 11) is 0. The number of fused-ring (bicyclic) bond motifs is 1. The van der Waals surface area contributed by atoms with Crippen molar-refractivity contribution >= 4 is 5.69 Å². The second-order valence-corrected chi connectivity index (χ2v) is 5.11. The highest BCUT2D eigenvalue weighted by Gasteiger charge is 2.25. The van der Waals surface area contributed by atoms with Crippen molar-refractivity contribution in [3.63, 3.8) is 0 Å². The minimum Gasteiger partial charge on any atom is -0.486 e. The van der Waals surface area contributed by atoms with Crippen LogP contribution in [0.25, 0.3) is 0 Å². The van der Waals surface area contributed by atoms with Crippen LogP contribution in [0.15, 0.2) is 12.1 Å². The first-order chi connectivity index (χ1) is 8.02. The van der Waals surface area contributed by atoms with Gasteiger partial charge in [0.15, 0.2) is 11.6 Å². The molecular formula is C14H20FNO. The molecule has 0 aliphatic carbocycles. The van der Waals surface area contributed by atoms with Crippen LogP contribution in [0.5, 0.6) is 5.75 Å². The first-order valence-electron chi connectivity index (χ1n) is 6.24. The number of nitrogens with zero attached hydrogens (tertiary/aromatic N) is 1. The van der Waals surface area contributed by atoms with Crippen molar-refractivity contribution in [3.8, 4) is 5.75 Å². The van der Waals surface area contributed by atoms with E-state index in [9.17, 15) is 4.39 Å². The maximum Gasteiger partial charge on any atom is 0.178 e. The van der Waals surface area contributed by atoms with Crippen LogP contribution in [0.2, 0.25) is 0 Å². The molecule has 0 amide bonds. The fourth-order valence-electron chi connectivity index (χ4n) is 2.27. The lowest BCUT2D eigenvalue weighted by Gasteiger charge is -2.35. The molecule has 1 heterocycles. The molecule has 17 heavy (non-hydrogen) atoms. The Labute approximate surface area is 102 Å². The Morgan fingerprint density at radius 2 is 1.94 bits per heavy atom. The Morgan fingerprint density at radius 1 is 1.24 bits per heavy atom. The molecule has 3 heteroatoms. The molecule has 0 spiro atoms. The topological polar surface area (TPSA) is 12.5 Å². The molecule has 0 saturated carbocycles. The molecule has 0 aromatic heterocycles. The lowest BCUT2D eigenvalue weighted by Crippen LogP contribution is -2.38. The van der Waals surface area contributed by atoms with E-state index in [0.717, 1.165) is 17.8 Å². The molecule has 1 aliphatic heterocycles. The average molecular weight is 237 g/mol. The fourth-order valence-corrected chi connectivity index (χ4v) is 2.27. The lowest BCUT2D eigenvalue weighted by atomic mass is 10.0. The van der Waals surface area contributed by atoms with E-state index >= 15 is 0 Å². The third-order valence-corrected chi connectivity index (χ3v) is 3.24. The van der Waals surface area contributed by atoms with E-state index in [2.05, 4.69) is 18.7 Å². The third-order valence-electron chi connectivity index (χ3n) is 3.24. The van der Waals surface area contributed by atoms with E-state index in [1.165, 1.54) is 0 Å². The summed E-state index contributed by atoms with van der Waals surface area (Å²) in [5.74, 6) is 0.414. The summed E-state index contributed by atoms with van der Waals surface area (Å²) in [6.07, 6.45) is 0. The van der Waals surface area contributed by atoms with Gasteiger partial charge in [0.05, 0.1) is 12.2 Å². The molecule has 1 aromatic rings. The lowest BCUT2D eigenvalue weighted by molar-refractivity contribution is 0.286. The van der Waals surface area contributed by atoms with Gasteiger partial charge in [-0.15, -0.1) is 0 Å². The highest BCUT2D eigenvalue weighted by atomic mass is 19.1. The van der Waals surface area contributed by atoms with Crippen molar-refractivity contribution in [1.29, 1.82) is 0 Å². The minimum absolute atomic E-state index is 0.179. The van der Waals surface area contributed by atoms with Crippen molar-refractivity contribution in [2.75, 3.05) is 18.1 Å². The first kappa shape index (κ1) is 12.2. The Morgan fingerprint density at radius 3 is 2.53 bits per heavy atom. The standard InChI is InChI=1S/C14H20FNO/c1-9(2)11-5-6-12-14(13(11)15)17-8-7-16(12)10(3)4/h5-6,9-10H,7-8H2,1-4H3. The summed E-state index contributed by atoms with van der Waals surface area (Å²) in [5.41, 5.74) is 1.61. The van der Waals surface area contributed by atoms with Gasteiger partial charge in [-0.05, 0) is 31.4 Å². The predicted molar refractivity (Wildman–Crippen MR) is 68.5 cm³/mol. The van der Waals surface area contributed by atoms with Gasteiger partial charge in [-0.1, -0.05) is 19.9 Å². The molecule has 0 atom stereocenters. The van der Waals surface area contributed by atoms with E-state index < -0.39 is 0 Å². The van der Waals surface area contributed by atoms with Gasteiger partial charge in [0, 0.05) is 6.04 Å². The predicted octanol–water partition coefficient (Wildman–Crippen LogP) is 3.56. The number of rotatable bonds is 2. The van der Waals surface area contributed by atoms with Crippen LogP contribution in [0.1, 0.15) is 39.2 Å². The minimum atomic E-state index is -0.192. The van der Waals surface area contributed by atoms with Crippen LogP contribution >= 0.6 is 0 Å². The molecule has 0 radical (unpaired) electrons. The molecular weight excluding hydrogens is 217 g/mol. The molecule has 94 valence electrons. The van der Waals surface area contributed by atoms with Crippen LogP contribution in [0.3, 0.4) is 0 Å². The van der Waals surface area contributed by atoms with Crippen molar-refractivity contribution in [2.45, 2.75) is 39.7 Å². The molecule has 2 nitrogen and oxygen atoms in total. The molecule has 1 aromatic carbocycles. The molecule has 1 aliphatic rings. The Bertz CT molecular complexity index is 415. The van der Waals surface area contributed by atoms with Crippen LogP contribution in [-0.4, -0.2) is 19.2 Å². The second-order valence-electron chi connectivity index (χ2n) is 5.11. The number of hydrogen-bond donors (Lipinski definition) is 0. The maximum absolute atomic E-state index is 14.3. The van der Waals surface area contributed by atoms with Gasteiger partial charge < -0.3 is 9.64 Å². The van der Waals surface area contributed by atoms with Gasteiger partial charge in [-0.2, -0.15) is 0 Å². The van der Waals surface area contributed by atoms with Crippen LogP contribution in [0, 0.1) is 5.82 Å². The molecule has 2 rings (SSSR count). The molecule has 0 fully saturated rings. The first-order valence-corrected chi connectivity index (χ1v) is 6.24. The second kappa shape index (κ2) is 4.55. The van der Waals surface area contributed by atoms with Gasteiger partial charge in [0.2, 0.25) is 0 Å². The molecule has 0 unspecified atom stereocenters. The van der Waals surface area contributed by atoms with Crippen LogP contribution in [0.4, 0.5) is 10.1 Å². The summed E-state index contributed by atoms with van der Waals surface area (Å²) >= 11 is 0. The summed E-state index contributed by atoms with van der Waals surface area (Å²) < 4.78 is 19.8. The molecule has 0 N–H and O–H groups in total. The number of ether oxygens (including phenoxy) is 1. The Balaban J connectivity index is 2.49. The summed E-state index contributed by atoms with van der Waals surface area (Å²) in [5, 5.41) is 0. The zero-order valence-electron chi connectivity index (χ0n) is 11.0. The van der Waals surface area contributed by atoms with E-state index in [0.29, 0.717) is 18.4 Å². The molecule has 0 saturated heterocycles.